The van der Waals surface area contributed by atoms with Crippen LogP contribution in [0.15, 0.2) is 35.8 Å². The van der Waals surface area contributed by atoms with Gasteiger partial charge in [-0.1, -0.05) is 12.1 Å². The normalized spacial score (nSPS) is 10.4. The minimum Gasteiger partial charge on any atom is -0.396 e. The van der Waals surface area contributed by atoms with Crippen LogP contribution in [0.5, 0.6) is 0 Å². The number of pyridine rings is 1. The molecule has 2 nitrogen and oxygen atoms in total. The molecule has 0 saturated heterocycles. The van der Waals surface area contributed by atoms with Crippen LogP contribution in [0.2, 0.25) is 0 Å². The van der Waals surface area contributed by atoms with Crippen LogP contribution in [0.1, 0.15) is 5.56 Å². The molecule has 2 aromatic heterocycles. The fraction of sp³-hybridized carbons (Fsp3) is 0.182. The zero-order valence-electron chi connectivity index (χ0n) is 7.68. The number of aliphatic hydroxyl groups is 1. The molecule has 0 aliphatic heterocycles. The van der Waals surface area contributed by atoms with Crippen molar-refractivity contribution in [1.29, 1.82) is 0 Å². The highest BCUT2D eigenvalue weighted by Gasteiger charge is 1.99. The highest BCUT2D eigenvalue weighted by atomic mass is 32.1. The lowest BCUT2D eigenvalue weighted by Crippen LogP contribution is -1.91. The van der Waals surface area contributed by atoms with Crippen molar-refractivity contribution in [1.82, 2.24) is 4.98 Å². The van der Waals surface area contributed by atoms with Gasteiger partial charge < -0.3 is 5.11 Å². The van der Waals surface area contributed by atoms with E-state index in [1.807, 2.05) is 29.8 Å². The van der Waals surface area contributed by atoms with Crippen molar-refractivity contribution < 1.29 is 5.11 Å². The molecule has 0 amide bonds. The van der Waals surface area contributed by atoms with E-state index < -0.39 is 0 Å². The van der Waals surface area contributed by atoms with Crippen LogP contribution in [0.25, 0.3) is 10.6 Å². The molecule has 0 aliphatic rings. The smallest absolute Gasteiger partial charge is 0.0801 e. The molecule has 72 valence electrons. The molecular weight excluding hydrogens is 194 g/mol. The first-order valence-corrected chi connectivity index (χ1v) is 5.38. The van der Waals surface area contributed by atoms with Gasteiger partial charge in [0.2, 0.25) is 0 Å². The molecule has 0 aliphatic carbocycles. The van der Waals surface area contributed by atoms with Gasteiger partial charge in [-0.3, -0.25) is 4.98 Å². The molecular formula is C11H11NOS. The van der Waals surface area contributed by atoms with Crippen LogP contribution in [0, 0.1) is 0 Å². The van der Waals surface area contributed by atoms with E-state index in [9.17, 15) is 0 Å². The highest BCUT2D eigenvalue weighted by molar-refractivity contribution is 7.13. The molecule has 0 unspecified atom stereocenters. The monoisotopic (exact) mass is 205 g/mol. The van der Waals surface area contributed by atoms with Crippen molar-refractivity contribution in [2.24, 2.45) is 0 Å². The Labute approximate surface area is 86.9 Å². The Morgan fingerprint density at radius 1 is 1.29 bits per heavy atom. The number of hydrogen-bond donors (Lipinski definition) is 1. The van der Waals surface area contributed by atoms with Crippen LogP contribution in [0.4, 0.5) is 0 Å². The Balaban J connectivity index is 2.22. The zero-order chi connectivity index (χ0) is 9.80. The summed E-state index contributed by atoms with van der Waals surface area (Å²) in [6, 6.07) is 8.08. The largest absolute Gasteiger partial charge is 0.396 e. The van der Waals surface area contributed by atoms with Crippen molar-refractivity contribution in [3.05, 3.63) is 41.4 Å². The van der Waals surface area contributed by atoms with Gasteiger partial charge in [0.15, 0.2) is 0 Å². The summed E-state index contributed by atoms with van der Waals surface area (Å²) in [5, 5.41) is 10.8. The number of rotatable bonds is 3. The molecule has 14 heavy (non-hydrogen) atoms. The Bertz CT molecular complexity index is 380. The van der Waals surface area contributed by atoms with Crippen LogP contribution >= 0.6 is 11.3 Å². The van der Waals surface area contributed by atoms with Crippen molar-refractivity contribution in [2.45, 2.75) is 6.42 Å². The number of aliphatic hydroxyl groups excluding tert-OH is 1. The van der Waals surface area contributed by atoms with Gasteiger partial charge in [-0.05, 0) is 29.5 Å². The maximum absolute atomic E-state index is 8.75. The Morgan fingerprint density at radius 2 is 2.21 bits per heavy atom. The van der Waals surface area contributed by atoms with Gasteiger partial charge in [0.1, 0.15) is 0 Å². The lowest BCUT2D eigenvalue weighted by Gasteiger charge is -1.99. The summed E-state index contributed by atoms with van der Waals surface area (Å²) in [5.41, 5.74) is 2.08. The van der Waals surface area contributed by atoms with E-state index in [-0.39, 0.29) is 6.61 Å². The minimum absolute atomic E-state index is 0.181. The van der Waals surface area contributed by atoms with Crippen molar-refractivity contribution in [2.75, 3.05) is 6.61 Å². The molecule has 2 aromatic rings. The second-order valence-corrected chi connectivity index (χ2v) is 3.95. The average molecular weight is 205 g/mol. The molecule has 2 heterocycles. The SMILES string of the molecule is OCCc1ccc(-c2cccs2)nc1. The van der Waals surface area contributed by atoms with E-state index in [0.29, 0.717) is 6.42 Å². The molecule has 0 spiro atoms. The zero-order valence-corrected chi connectivity index (χ0v) is 8.50. The molecule has 2 rings (SSSR count). The van der Waals surface area contributed by atoms with Gasteiger partial charge in [-0.25, -0.2) is 0 Å². The van der Waals surface area contributed by atoms with E-state index in [2.05, 4.69) is 11.1 Å². The molecule has 0 fully saturated rings. The molecule has 0 radical (unpaired) electrons. The van der Waals surface area contributed by atoms with E-state index in [4.69, 9.17) is 5.11 Å². The third-order valence-corrected chi connectivity index (χ3v) is 2.89. The van der Waals surface area contributed by atoms with E-state index in [1.54, 1.807) is 11.3 Å². The van der Waals surface area contributed by atoms with E-state index in [1.165, 1.54) is 4.88 Å². The van der Waals surface area contributed by atoms with Gasteiger partial charge in [0.25, 0.3) is 0 Å². The maximum atomic E-state index is 8.75. The van der Waals surface area contributed by atoms with Gasteiger partial charge in [0.05, 0.1) is 10.6 Å². The Morgan fingerprint density at radius 3 is 2.79 bits per heavy atom. The first-order chi connectivity index (χ1) is 6.90. The fourth-order valence-electron chi connectivity index (χ4n) is 1.27. The summed E-state index contributed by atoms with van der Waals surface area (Å²) < 4.78 is 0. The average Bonchev–Trinajstić information content (AvgIpc) is 2.72. The van der Waals surface area contributed by atoms with Gasteiger partial charge in [-0.2, -0.15) is 0 Å². The first-order valence-electron chi connectivity index (χ1n) is 4.50. The van der Waals surface area contributed by atoms with Crippen LogP contribution in [-0.4, -0.2) is 16.7 Å². The van der Waals surface area contributed by atoms with E-state index in [0.717, 1.165) is 11.3 Å². The topological polar surface area (TPSA) is 33.1 Å². The lowest BCUT2D eigenvalue weighted by atomic mass is 10.2. The third kappa shape index (κ3) is 2.00. The van der Waals surface area contributed by atoms with Crippen molar-refractivity contribution in [3.8, 4) is 10.6 Å². The molecule has 0 bridgehead atoms. The highest BCUT2D eigenvalue weighted by Crippen LogP contribution is 2.22. The molecule has 0 saturated carbocycles. The fourth-order valence-corrected chi connectivity index (χ4v) is 1.97. The predicted molar refractivity (Wildman–Crippen MR) is 58.3 cm³/mol. The van der Waals surface area contributed by atoms with Gasteiger partial charge in [0, 0.05) is 12.8 Å². The number of hydrogen-bond acceptors (Lipinski definition) is 3. The number of nitrogens with zero attached hydrogens (tertiary/aromatic N) is 1. The molecule has 3 heteroatoms. The summed E-state index contributed by atoms with van der Waals surface area (Å²) in [5.74, 6) is 0. The first kappa shape index (κ1) is 9.37. The van der Waals surface area contributed by atoms with Crippen LogP contribution in [-0.2, 0) is 6.42 Å². The molecule has 0 aromatic carbocycles. The minimum atomic E-state index is 0.181. The molecule has 0 atom stereocenters. The summed E-state index contributed by atoms with van der Waals surface area (Å²) in [7, 11) is 0. The number of thiophene rings is 1. The van der Waals surface area contributed by atoms with Gasteiger partial charge in [-0.15, -0.1) is 11.3 Å². The van der Waals surface area contributed by atoms with Gasteiger partial charge >= 0.3 is 0 Å². The Kier molecular flexibility index (Phi) is 2.91. The number of aromatic nitrogens is 1. The lowest BCUT2D eigenvalue weighted by molar-refractivity contribution is 0.299. The molecule has 1 N–H and O–H groups in total. The van der Waals surface area contributed by atoms with Crippen molar-refractivity contribution >= 4 is 11.3 Å². The summed E-state index contributed by atoms with van der Waals surface area (Å²) in [6.45, 7) is 0.181. The predicted octanol–water partition coefficient (Wildman–Crippen LogP) is 2.34. The standard InChI is InChI=1S/C11H11NOS/c13-6-5-9-3-4-10(12-8-9)11-2-1-7-14-11/h1-4,7-8,13H,5-6H2. The summed E-state index contributed by atoms with van der Waals surface area (Å²) >= 11 is 1.68. The van der Waals surface area contributed by atoms with E-state index >= 15 is 0 Å². The summed E-state index contributed by atoms with van der Waals surface area (Å²) in [6.07, 6.45) is 2.50. The quantitative estimate of drug-likeness (QED) is 0.834. The maximum Gasteiger partial charge on any atom is 0.0801 e. The Hall–Kier alpha value is -1.19. The van der Waals surface area contributed by atoms with Crippen LogP contribution in [0.3, 0.4) is 0 Å². The third-order valence-electron chi connectivity index (χ3n) is 2.00. The van der Waals surface area contributed by atoms with Crippen molar-refractivity contribution in [3.63, 3.8) is 0 Å². The second kappa shape index (κ2) is 4.35. The summed E-state index contributed by atoms with van der Waals surface area (Å²) in [4.78, 5) is 5.52. The van der Waals surface area contributed by atoms with Crippen LogP contribution < -0.4 is 0 Å². The second-order valence-electron chi connectivity index (χ2n) is 3.00.